The molecule has 1 N–H and O–H groups in total. The van der Waals surface area contributed by atoms with E-state index in [1.165, 1.54) is 5.01 Å². The van der Waals surface area contributed by atoms with Crippen LogP contribution in [0.15, 0.2) is 6.07 Å². The van der Waals surface area contributed by atoms with Crippen LogP contribution in [0.25, 0.3) is 0 Å². The number of nitrogens with one attached hydrogen (secondary N) is 1. The third-order valence-electron chi connectivity index (χ3n) is 3.76. The van der Waals surface area contributed by atoms with E-state index in [2.05, 4.69) is 15.6 Å². The van der Waals surface area contributed by atoms with E-state index in [1.54, 1.807) is 13.2 Å². The molecule has 0 spiro atoms. The van der Waals surface area contributed by atoms with Gasteiger partial charge in [-0.25, -0.2) is 0 Å². The van der Waals surface area contributed by atoms with Crippen LogP contribution in [0.5, 0.6) is 5.75 Å². The Morgan fingerprint density at radius 3 is 2.86 bits per heavy atom. The number of nitrogens with zero attached hydrogens (tertiary/aromatic N) is 3. The molecule has 0 bridgehead atoms. The van der Waals surface area contributed by atoms with Crippen molar-refractivity contribution in [3.05, 3.63) is 17.5 Å². The molecule has 1 aliphatic carbocycles. The molecule has 2 fully saturated rings. The molecule has 1 saturated carbocycles. The molecule has 0 aromatic carbocycles. The number of carbonyl (C=O) groups is 2. The Morgan fingerprint density at radius 1 is 1.38 bits per heavy atom. The average molecular weight is 290 g/mol. The summed E-state index contributed by atoms with van der Waals surface area (Å²) in [7, 11) is 1.55. The normalized spacial score (nSPS) is 18.5. The summed E-state index contributed by atoms with van der Waals surface area (Å²) in [6.07, 6.45) is 4.39. The summed E-state index contributed by atoms with van der Waals surface area (Å²) in [6.45, 7) is 0.537. The lowest BCUT2D eigenvalue weighted by Gasteiger charge is -2.26. The zero-order valence-electron chi connectivity index (χ0n) is 12.0. The molecule has 0 unspecified atom stereocenters. The highest BCUT2D eigenvalue weighted by Gasteiger charge is 2.30. The van der Waals surface area contributed by atoms with Crippen molar-refractivity contribution in [1.29, 1.82) is 0 Å². The second kappa shape index (κ2) is 5.67. The van der Waals surface area contributed by atoms with Gasteiger partial charge in [0.1, 0.15) is 11.4 Å². The minimum Gasteiger partial charge on any atom is -0.495 e. The van der Waals surface area contributed by atoms with Gasteiger partial charge in [-0.2, -0.15) is 5.10 Å². The SMILES string of the molecule is COc1cc(C(=O)NN2CCCCC2=O)nnc1C1CC1. The molecule has 2 heterocycles. The van der Waals surface area contributed by atoms with Crippen LogP contribution in [0.4, 0.5) is 0 Å². The largest absolute Gasteiger partial charge is 0.495 e. The molecule has 7 heteroatoms. The average Bonchev–Trinajstić information content (AvgIpc) is 3.33. The van der Waals surface area contributed by atoms with Crippen LogP contribution in [0.1, 0.15) is 54.2 Å². The number of methoxy groups -OCH3 is 1. The van der Waals surface area contributed by atoms with Gasteiger partial charge in [-0.05, 0) is 25.7 Å². The van der Waals surface area contributed by atoms with Gasteiger partial charge in [0.25, 0.3) is 5.91 Å². The fraction of sp³-hybridized carbons (Fsp3) is 0.571. The highest BCUT2D eigenvalue weighted by atomic mass is 16.5. The van der Waals surface area contributed by atoms with Gasteiger partial charge in [-0.1, -0.05) is 0 Å². The predicted molar refractivity (Wildman–Crippen MR) is 73.6 cm³/mol. The van der Waals surface area contributed by atoms with Crippen LogP contribution < -0.4 is 10.2 Å². The van der Waals surface area contributed by atoms with Gasteiger partial charge in [-0.15, -0.1) is 5.10 Å². The van der Waals surface area contributed by atoms with E-state index in [9.17, 15) is 9.59 Å². The van der Waals surface area contributed by atoms with E-state index in [0.29, 0.717) is 24.6 Å². The molecule has 21 heavy (non-hydrogen) atoms. The highest BCUT2D eigenvalue weighted by molar-refractivity contribution is 5.94. The van der Waals surface area contributed by atoms with Gasteiger partial charge in [0.05, 0.1) is 7.11 Å². The van der Waals surface area contributed by atoms with E-state index in [4.69, 9.17) is 4.74 Å². The van der Waals surface area contributed by atoms with Gasteiger partial charge in [0, 0.05) is 24.9 Å². The molecule has 1 aromatic rings. The van der Waals surface area contributed by atoms with Crippen LogP contribution in [0, 0.1) is 0 Å². The monoisotopic (exact) mass is 290 g/mol. The van der Waals surface area contributed by atoms with Crippen molar-refractivity contribution in [2.75, 3.05) is 13.7 Å². The molecule has 1 saturated heterocycles. The summed E-state index contributed by atoms with van der Waals surface area (Å²) in [4.78, 5) is 23.8. The number of piperidine rings is 1. The minimum absolute atomic E-state index is 0.0656. The van der Waals surface area contributed by atoms with Crippen molar-refractivity contribution in [1.82, 2.24) is 20.6 Å². The Morgan fingerprint density at radius 2 is 2.19 bits per heavy atom. The molecule has 0 radical (unpaired) electrons. The summed E-state index contributed by atoms with van der Waals surface area (Å²) in [6, 6.07) is 1.59. The Labute approximate surface area is 122 Å². The number of hydrogen-bond donors (Lipinski definition) is 1. The second-order valence-corrected chi connectivity index (χ2v) is 5.40. The van der Waals surface area contributed by atoms with Crippen LogP contribution in [-0.2, 0) is 4.79 Å². The van der Waals surface area contributed by atoms with E-state index in [-0.39, 0.29) is 11.6 Å². The van der Waals surface area contributed by atoms with Crippen molar-refractivity contribution in [3.63, 3.8) is 0 Å². The molecule has 1 aliphatic heterocycles. The van der Waals surface area contributed by atoms with E-state index >= 15 is 0 Å². The fourth-order valence-corrected chi connectivity index (χ4v) is 2.40. The first-order valence-corrected chi connectivity index (χ1v) is 7.22. The maximum atomic E-state index is 12.2. The zero-order chi connectivity index (χ0) is 14.8. The molecule has 7 nitrogen and oxygen atoms in total. The fourth-order valence-electron chi connectivity index (χ4n) is 2.40. The smallest absolute Gasteiger partial charge is 0.290 e. The van der Waals surface area contributed by atoms with Crippen molar-refractivity contribution in [3.8, 4) is 5.75 Å². The van der Waals surface area contributed by atoms with Crippen LogP contribution in [-0.4, -0.2) is 40.7 Å². The molecule has 112 valence electrons. The lowest BCUT2D eigenvalue weighted by molar-refractivity contribution is -0.135. The number of rotatable bonds is 4. The van der Waals surface area contributed by atoms with Crippen LogP contribution in [0.3, 0.4) is 0 Å². The third-order valence-corrected chi connectivity index (χ3v) is 3.76. The maximum absolute atomic E-state index is 12.2. The first kappa shape index (κ1) is 13.8. The van der Waals surface area contributed by atoms with Crippen LogP contribution in [0.2, 0.25) is 0 Å². The van der Waals surface area contributed by atoms with Crippen molar-refractivity contribution in [2.45, 2.75) is 38.0 Å². The second-order valence-electron chi connectivity index (χ2n) is 5.40. The standard InChI is InChI=1S/C14H18N4O3/c1-21-11-8-10(15-16-13(11)9-5-6-9)14(20)17-18-7-3-2-4-12(18)19/h8-9H,2-7H2,1H3,(H,17,20). The Bertz CT molecular complexity index is 571. The topological polar surface area (TPSA) is 84.4 Å². The number of ether oxygens (including phenoxy) is 1. The molecule has 3 rings (SSSR count). The Balaban J connectivity index is 1.73. The van der Waals surface area contributed by atoms with Crippen LogP contribution >= 0.6 is 0 Å². The van der Waals surface area contributed by atoms with E-state index in [1.807, 2.05) is 0 Å². The van der Waals surface area contributed by atoms with Gasteiger partial charge >= 0.3 is 0 Å². The quantitative estimate of drug-likeness (QED) is 0.895. The minimum atomic E-state index is -0.432. The summed E-state index contributed by atoms with van der Waals surface area (Å²) < 4.78 is 5.29. The maximum Gasteiger partial charge on any atom is 0.290 e. The number of aromatic nitrogens is 2. The summed E-state index contributed by atoms with van der Waals surface area (Å²) in [5, 5.41) is 9.42. The van der Waals surface area contributed by atoms with Gasteiger partial charge < -0.3 is 4.74 Å². The number of carbonyl (C=O) groups excluding carboxylic acids is 2. The molecular weight excluding hydrogens is 272 g/mol. The van der Waals surface area contributed by atoms with E-state index < -0.39 is 5.91 Å². The molecule has 2 amide bonds. The number of amides is 2. The summed E-state index contributed by atoms with van der Waals surface area (Å²) in [5.41, 5.74) is 3.56. The summed E-state index contributed by atoms with van der Waals surface area (Å²) >= 11 is 0. The van der Waals surface area contributed by atoms with Gasteiger partial charge in [0.2, 0.25) is 5.91 Å². The Kier molecular flexibility index (Phi) is 3.72. The third kappa shape index (κ3) is 2.96. The molecule has 1 aromatic heterocycles. The lowest BCUT2D eigenvalue weighted by Crippen LogP contribution is -2.48. The Hall–Kier alpha value is -2.18. The van der Waals surface area contributed by atoms with Gasteiger partial charge in [0.15, 0.2) is 5.69 Å². The first-order chi connectivity index (χ1) is 10.2. The highest BCUT2D eigenvalue weighted by Crippen LogP contribution is 2.42. The lowest BCUT2D eigenvalue weighted by atomic mass is 10.1. The molecule has 2 aliphatic rings. The zero-order valence-corrected chi connectivity index (χ0v) is 12.0. The van der Waals surface area contributed by atoms with E-state index in [0.717, 1.165) is 31.4 Å². The predicted octanol–water partition coefficient (Wildman–Crippen LogP) is 1.02. The molecule has 0 atom stereocenters. The molecular formula is C14H18N4O3. The van der Waals surface area contributed by atoms with Crippen molar-refractivity contribution < 1.29 is 14.3 Å². The van der Waals surface area contributed by atoms with Crippen molar-refractivity contribution in [2.24, 2.45) is 0 Å². The summed E-state index contributed by atoms with van der Waals surface area (Å²) in [5.74, 6) is 0.485. The number of hydrogen-bond acceptors (Lipinski definition) is 5. The first-order valence-electron chi connectivity index (χ1n) is 7.22. The van der Waals surface area contributed by atoms with Crippen molar-refractivity contribution >= 4 is 11.8 Å². The number of hydrazine groups is 1. The van der Waals surface area contributed by atoms with Gasteiger partial charge in [-0.3, -0.25) is 20.0 Å².